The fraction of sp³-hybridized carbons (Fsp3) is 0.750. The maximum atomic E-state index is 11.5. The lowest BCUT2D eigenvalue weighted by Crippen LogP contribution is -2.37. The van der Waals surface area contributed by atoms with Gasteiger partial charge in [0.1, 0.15) is 0 Å². The molecule has 1 aliphatic rings. The molecule has 1 saturated heterocycles. The second-order valence-electron chi connectivity index (χ2n) is 2.96. The predicted octanol–water partition coefficient (Wildman–Crippen LogP) is 0.920. The molecule has 0 amide bonds. The molecule has 13 heavy (non-hydrogen) atoms. The molecule has 1 aliphatic heterocycles. The van der Waals surface area contributed by atoms with Crippen molar-refractivity contribution >= 4 is 10.0 Å². The highest BCUT2D eigenvalue weighted by Gasteiger charge is 2.24. The third-order valence-corrected chi connectivity index (χ3v) is 3.52. The van der Waals surface area contributed by atoms with Crippen molar-refractivity contribution in [1.82, 2.24) is 4.47 Å². The summed E-state index contributed by atoms with van der Waals surface area (Å²) in [6.07, 6.45) is 3.89. The third kappa shape index (κ3) is 3.10. The smallest absolute Gasteiger partial charge is 0.236 e. The minimum absolute atomic E-state index is 0.0937. The van der Waals surface area contributed by atoms with Gasteiger partial charge < -0.3 is 0 Å². The second kappa shape index (κ2) is 4.74. The Hall–Kier alpha value is -0.390. The van der Waals surface area contributed by atoms with E-state index in [1.807, 2.05) is 0 Å². The molecule has 0 unspecified atom stereocenters. The lowest BCUT2D eigenvalue weighted by Gasteiger charge is -2.24. The third-order valence-electron chi connectivity index (χ3n) is 1.86. The standard InChI is InChI=1S/C8H15NO3S/c1-2-3-8-13(10,11)9-6-4-5-7-12-9/h2H,1,3-8H2. The van der Waals surface area contributed by atoms with E-state index in [9.17, 15) is 8.42 Å². The van der Waals surface area contributed by atoms with E-state index in [4.69, 9.17) is 4.84 Å². The Morgan fingerprint density at radius 3 is 2.77 bits per heavy atom. The molecule has 0 bridgehead atoms. The van der Waals surface area contributed by atoms with Gasteiger partial charge in [0.25, 0.3) is 0 Å². The van der Waals surface area contributed by atoms with E-state index < -0.39 is 10.0 Å². The lowest BCUT2D eigenvalue weighted by molar-refractivity contribution is -0.108. The van der Waals surface area contributed by atoms with E-state index in [0.717, 1.165) is 17.3 Å². The lowest BCUT2D eigenvalue weighted by atomic mass is 10.3. The van der Waals surface area contributed by atoms with Gasteiger partial charge in [-0.1, -0.05) is 10.5 Å². The van der Waals surface area contributed by atoms with Crippen LogP contribution in [0, 0.1) is 0 Å². The van der Waals surface area contributed by atoms with Crippen molar-refractivity contribution in [3.05, 3.63) is 12.7 Å². The maximum Gasteiger partial charge on any atom is 0.236 e. The van der Waals surface area contributed by atoms with Gasteiger partial charge in [0.05, 0.1) is 12.4 Å². The molecule has 0 radical (unpaired) electrons. The van der Waals surface area contributed by atoms with Gasteiger partial charge in [-0.2, -0.15) is 0 Å². The van der Waals surface area contributed by atoms with E-state index >= 15 is 0 Å². The molecule has 4 nitrogen and oxygen atoms in total. The molecular weight excluding hydrogens is 190 g/mol. The van der Waals surface area contributed by atoms with E-state index in [-0.39, 0.29) is 5.75 Å². The SMILES string of the molecule is C=CCCS(=O)(=O)N1CCCCO1. The molecule has 1 fully saturated rings. The molecule has 0 aromatic heterocycles. The van der Waals surface area contributed by atoms with Crippen molar-refractivity contribution in [3.8, 4) is 0 Å². The van der Waals surface area contributed by atoms with Crippen LogP contribution in [0.25, 0.3) is 0 Å². The van der Waals surface area contributed by atoms with E-state index in [1.54, 1.807) is 6.08 Å². The van der Waals surface area contributed by atoms with Crippen LogP contribution in [0.3, 0.4) is 0 Å². The Kier molecular flexibility index (Phi) is 3.90. The van der Waals surface area contributed by atoms with Crippen LogP contribution < -0.4 is 0 Å². The van der Waals surface area contributed by atoms with Crippen LogP contribution in [0.1, 0.15) is 19.3 Å². The predicted molar refractivity (Wildman–Crippen MR) is 50.5 cm³/mol. The maximum absolute atomic E-state index is 11.5. The summed E-state index contributed by atoms with van der Waals surface area (Å²) < 4.78 is 24.1. The van der Waals surface area contributed by atoms with Crippen LogP contribution in [0.4, 0.5) is 0 Å². The topological polar surface area (TPSA) is 46.6 Å². The minimum atomic E-state index is -3.21. The van der Waals surface area contributed by atoms with Crippen LogP contribution in [0.5, 0.6) is 0 Å². The Morgan fingerprint density at radius 2 is 2.23 bits per heavy atom. The van der Waals surface area contributed by atoms with E-state index in [0.29, 0.717) is 19.6 Å². The first-order chi connectivity index (χ1) is 6.17. The fourth-order valence-corrected chi connectivity index (χ4v) is 2.44. The molecule has 0 aromatic rings. The van der Waals surface area contributed by atoms with Gasteiger partial charge in [-0.05, 0) is 19.3 Å². The second-order valence-corrected chi connectivity index (χ2v) is 4.94. The summed E-state index contributed by atoms with van der Waals surface area (Å²) in [5.41, 5.74) is 0. The quantitative estimate of drug-likeness (QED) is 0.641. The Balaban J connectivity index is 2.51. The van der Waals surface area contributed by atoms with Gasteiger partial charge >= 0.3 is 0 Å². The van der Waals surface area contributed by atoms with Gasteiger partial charge in [-0.15, -0.1) is 6.58 Å². The van der Waals surface area contributed by atoms with Crippen molar-refractivity contribution in [2.45, 2.75) is 19.3 Å². The molecular formula is C8H15NO3S. The molecule has 5 heteroatoms. The summed E-state index contributed by atoms with van der Waals surface area (Å²) in [7, 11) is -3.21. The summed E-state index contributed by atoms with van der Waals surface area (Å²) in [5, 5.41) is 0. The van der Waals surface area contributed by atoms with Crippen LogP contribution >= 0.6 is 0 Å². The van der Waals surface area contributed by atoms with Gasteiger partial charge in [-0.25, -0.2) is 8.42 Å². The zero-order valence-electron chi connectivity index (χ0n) is 7.61. The Labute approximate surface area is 79.2 Å². The fourth-order valence-electron chi connectivity index (χ4n) is 1.13. The van der Waals surface area contributed by atoms with Crippen molar-refractivity contribution < 1.29 is 13.3 Å². The van der Waals surface area contributed by atoms with Crippen LogP contribution in [-0.4, -0.2) is 31.8 Å². The molecule has 0 spiro atoms. The van der Waals surface area contributed by atoms with Crippen LogP contribution in [-0.2, 0) is 14.9 Å². The first-order valence-electron chi connectivity index (χ1n) is 4.41. The average molecular weight is 205 g/mol. The largest absolute Gasteiger partial charge is 0.284 e. The molecule has 76 valence electrons. The number of nitrogens with zero attached hydrogens (tertiary/aromatic N) is 1. The average Bonchev–Trinajstić information content (AvgIpc) is 2.16. The summed E-state index contributed by atoms with van der Waals surface area (Å²) in [4.78, 5) is 5.05. The molecule has 0 aromatic carbocycles. The Bertz CT molecular complexity index is 255. The highest BCUT2D eigenvalue weighted by molar-refractivity contribution is 7.88. The van der Waals surface area contributed by atoms with Crippen molar-refractivity contribution in [3.63, 3.8) is 0 Å². The minimum Gasteiger partial charge on any atom is -0.284 e. The first-order valence-corrected chi connectivity index (χ1v) is 6.02. The number of hydroxylamine groups is 1. The molecule has 0 atom stereocenters. The van der Waals surface area contributed by atoms with Crippen molar-refractivity contribution in [1.29, 1.82) is 0 Å². The van der Waals surface area contributed by atoms with E-state index in [1.165, 1.54) is 0 Å². The number of hydrogen-bond donors (Lipinski definition) is 0. The van der Waals surface area contributed by atoms with Crippen molar-refractivity contribution in [2.75, 3.05) is 18.9 Å². The van der Waals surface area contributed by atoms with Gasteiger partial charge in [0.15, 0.2) is 0 Å². The zero-order valence-corrected chi connectivity index (χ0v) is 8.42. The monoisotopic (exact) mass is 205 g/mol. The molecule has 0 aliphatic carbocycles. The molecule has 0 saturated carbocycles. The van der Waals surface area contributed by atoms with Gasteiger partial charge in [0, 0.05) is 6.54 Å². The number of sulfonamides is 1. The number of rotatable bonds is 4. The highest BCUT2D eigenvalue weighted by Crippen LogP contribution is 2.12. The molecule has 1 rings (SSSR count). The van der Waals surface area contributed by atoms with Gasteiger partial charge in [0.2, 0.25) is 10.0 Å². The van der Waals surface area contributed by atoms with E-state index in [2.05, 4.69) is 6.58 Å². The molecule has 1 heterocycles. The Morgan fingerprint density at radius 1 is 1.46 bits per heavy atom. The van der Waals surface area contributed by atoms with Crippen LogP contribution in [0.15, 0.2) is 12.7 Å². The summed E-state index contributed by atoms with van der Waals surface area (Å²) >= 11 is 0. The normalized spacial score (nSPS) is 20.0. The highest BCUT2D eigenvalue weighted by atomic mass is 32.2. The summed E-state index contributed by atoms with van der Waals surface area (Å²) in [5.74, 6) is 0.0937. The first kappa shape index (κ1) is 10.7. The summed E-state index contributed by atoms with van der Waals surface area (Å²) in [6, 6.07) is 0. The summed E-state index contributed by atoms with van der Waals surface area (Å²) in [6.45, 7) is 4.48. The number of allylic oxidation sites excluding steroid dienone is 1. The van der Waals surface area contributed by atoms with Crippen molar-refractivity contribution in [2.24, 2.45) is 0 Å². The molecule has 0 N–H and O–H groups in total. The zero-order chi connectivity index (χ0) is 9.73. The van der Waals surface area contributed by atoms with Gasteiger partial charge in [-0.3, -0.25) is 4.84 Å². The number of hydrogen-bond acceptors (Lipinski definition) is 3. The van der Waals surface area contributed by atoms with Crippen LogP contribution in [0.2, 0.25) is 0 Å².